The summed E-state index contributed by atoms with van der Waals surface area (Å²) in [6.07, 6.45) is 8.36. The number of allylic oxidation sites excluding steroid dienone is 1. The molecular formula is C38H40BrN5O6S. The zero-order chi connectivity index (χ0) is 35.4. The van der Waals surface area contributed by atoms with Crippen molar-refractivity contribution in [1.29, 1.82) is 0 Å². The fraction of sp³-hybridized carbons (Fsp3) is 0.368. The summed E-state index contributed by atoms with van der Waals surface area (Å²) < 4.78 is 13.7. The largest absolute Gasteiger partial charge is 0.497 e. The summed E-state index contributed by atoms with van der Waals surface area (Å²) >= 11 is 4.93. The van der Waals surface area contributed by atoms with E-state index in [1.54, 1.807) is 24.1 Å². The van der Waals surface area contributed by atoms with Crippen LogP contribution in [0.15, 0.2) is 89.4 Å². The van der Waals surface area contributed by atoms with Crippen molar-refractivity contribution in [2.45, 2.75) is 68.7 Å². The number of aromatic nitrogens is 1. The topological polar surface area (TPSA) is 131 Å². The summed E-state index contributed by atoms with van der Waals surface area (Å²) in [5, 5.41) is 6.97. The number of hydrogen-bond acceptors (Lipinski definition) is 9. The van der Waals surface area contributed by atoms with Crippen molar-refractivity contribution in [2.24, 2.45) is 5.92 Å². The lowest BCUT2D eigenvalue weighted by Gasteiger charge is -2.30. The molecule has 5 atom stereocenters. The molecule has 0 radical (unpaired) electrons. The molecule has 1 aliphatic carbocycles. The van der Waals surface area contributed by atoms with Gasteiger partial charge < -0.3 is 29.8 Å². The molecule has 2 fully saturated rings. The Morgan fingerprint density at radius 3 is 2.73 bits per heavy atom. The van der Waals surface area contributed by atoms with E-state index in [1.165, 1.54) is 11.3 Å². The fourth-order valence-corrected chi connectivity index (χ4v) is 8.27. The zero-order valence-corrected chi connectivity index (χ0v) is 30.6. The highest BCUT2D eigenvalue weighted by molar-refractivity contribution is 9.10. The lowest BCUT2D eigenvalue weighted by Crippen LogP contribution is -2.57. The molecule has 2 aliphatic heterocycles. The summed E-state index contributed by atoms with van der Waals surface area (Å²) in [6, 6.07) is 20.8. The number of ether oxygens (including phenoxy) is 2. The number of thiazole rings is 1. The van der Waals surface area contributed by atoms with Crippen molar-refractivity contribution in [3.05, 3.63) is 89.4 Å². The smallest absolute Gasteiger partial charge is 0.278 e. The van der Waals surface area contributed by atoms with Crippen molar-refractivity contribution in [2.75, 3.05) is 19.0 Å². The Kier molecular flexibility index (Phi) is 10.5. The molecule has 1 aromatic heterocycles. The average molecular weight is 775 g/mol. The molecule has 0 spiro atoms. The Labute approximate surface area is 308 Å². The number of carbonyl (C=O) groups excluding carboxylic acids is 3. The van der Waals surface area contributed by atoms with E-state index < -0.39 is 35.5 Å². The minimum absolute atomic E-state index is 0.187. The molecule has 3 heterocycles. The summed E-state index contributed by atoms with van der Waals surface area (Å²) in [4.78, 5) is 54.5. The monoisotopic (exact) mass is 773 g/mol. The third-order valence-corrected chi connectivity index (χ3v) is 11.1. The Hall–Kier alpha value is -4.62. The van der Waals surface area contributed by atoms with E-state index in [0.29, 0.717) is 29.5 Å². The van der Waals surface area contributed by atoms with Crippen LogP contribution >= 0.6 is 27.3 Å². The predicted molar refractivity (Wildman–Crippen MR) is 199 cm³/mol. The van der Waals surface area contributed by atoms with Gasteiger partial charge in [-0.25, -0.2) is 4.98 Å². The molecule has 1 saturated heterocycles. The summed E-state index contributed by atoms with van der Waals surface area (Å²) in [6.45, 7) is 0.187. The zero-order valence-electron chi connectivity index (χ0n) is 28.2. The normalized spacial score (nSPS) is 25.7. The van der Waals surface area contributed by atoms with Crippen molar-refractivity contribution in [1.82, 2.24) is 20.7 Å². The number of benzene rings is 3. The van der Waals surface area contributed by atoms with Crippen LogP contribution in [0.1, 0.15) is 44.9 Å². The minimum Gasteiger partial charge on any atom is -0.497 e. The second-order valence-electron chi connectivity index (χ2n) is 13.2. The van der Waals surface area contributed by atoms with Gasteiger partial charge in [-0.1, -0.05) is 76.5 Å². The Bertz CT molecular complexity index is 1920. The molecule has 51 heavy (non-hydrogen) atoms. The Morgan fingerprint density at radius 1 is 1.04 bits per heavy atom. The van der Waals surface area contributed by atoms with E-state index in [1.807, 2.05) is 66.7 Å². The van der Waals surface area contributed by atoms with Crippen LogP contribution < -0.4 is 30.4 Å². The Balaban J connectivity index is 1.17. The van der Waals surface area contributed by atoms with Crippen LogP contribution in [-0.4, -0.2) is 65.0 Å². The van der Waals surface area contributed by atoms with E-state index in [-0.39, 0.29) is 24.8 Å². The standard InChI is InChI=1S/C38H40BrN5O6S/c1-48-28-15-10-12-26(20-28)40-31-16-9-4-2-3-6-11-24-22-38(24,36(47)43-50-27-13-7-5-8-14-27)42-34(45)32-21-29(23-44(32)35(31)46)49-37-41-30-18-17-25(39)19-33(30)51-37/h5-8,10-15,17-20,24,29,31-32,40H,2-4,9,16,21-23H2,1H3,(H,42,45)(H,43,47)/b11-6-/t24-,29+,31-,32-,38+/m0/s1. The van der Waals surface area contributed by atoms with Gasteiger partial charge in [0.15, 0.2) is 5.75 Å². The molecule has 266 valence electrons. The molecule has 11 nitrogen and oxygen atoms in total. The van der Waals surface area contributed by atoms with Crippen molar-refractivity contribution < 1.29 is 28.7 Å². The second-order valence-corrected chi connectivity index (χ2v) is 15.1. The highest BCUT2D eigenvalue weighted by Gasteiger charge is 2.61. The molecule has 0 bridgehead atoms. The summed E-state index contributed by atoms with van der Waals surface area (Å²) in [7, 11) is 1.60. The summed E-state index contributed by atoms with van der Waals surface area (Å²) in [5.74, 6) is -0.131. The molecule has 13 heteroatoms. The number of halogens is 1. The first-order valence-electron chi connectivity index (χ1n) is 17.3. The van der Waals surface area contributed by atoms with Crippen molar-refractivity contribution >= 4 is 60.9 Å². The highest BCUT2D eigenvalue weighted by atomic mass is 79.9. The van der Waals surface area contributed by atoms with Crippen LogP contribution in [0.25, 0.3) is 10.2 Å². The van der Waals surface area contributed by atoms with E-state index >= 15 is 0 Å². The van der Waals surface area contributed by atoms with Gasteiger partial charge in [0, 0.05) is 28.6 Å². The van der Waals surface area contributed by atoms with Gasteiger partial charge in [-0.05, 0) is 68.1 Å². The number of hydrogen-bond donors (Lipinski definition) is 3. The third-order valence-electron chi connectivity index (χ3n) is 9.66. The maximum atomic E-state index is 14.6. The number of hydroxylamine groups is 1. The molecule has 3 amide bonds. The van der Waals surface area contributed by atoms with E-state index in [9.17, 15) is 14.4 Å². The number of amides is 3. The molecule has 4 aromatic rings. The Morgan fingerprint density at radius 2 is 1.88 bits per heavy atom. The van der Waals surface area contributed by atoms with Gasteiger partial charge in [-0.3, -0.25) is 14.4 Å². The van der Waals surface area contributed by atoms with Crippen LogP contribution in [0.3, 0.4) is 0 Å². The quantitative estimate of drug-likeness (QED) is 0.139. The molecule has 0 unspecified atom stereocenters. The number of carbonyl (C=O) groups is 3. The van der Waals surface area contributed by atoms with Crippen LogP contribution in [0, 0.1) is 5.92 Å². The SMILES string of the molecule is COc1cccc(N[C@H]2CCCCC/C=C\[C@H]3C[C@@]3(C(=O)NOc3ccccc3)NC(=O)[C@@H]3C[C@@H](Oc4nc5ccc(Br)cc5s4)CN3C2=O)c1. The highest BCUT2D eigenvalue weighted by Crippen LogP contribution is 2.45. The molecule has 3 aliphatic rings. The number of nitrogens with one attached hydrogen (secondary N) is 3. The van der Waals surface area contributed by atoms with Gasteiger partial charge in [-0.15, -0.1) is 0 Å². The first-order chi connectivity index (χ1) is 24.8. The van der Waals surface area contributed by atoms with Gasteiger partial charge >= 0.3 is 0 Å². The summed E-state index contributed by atoms with van der Waals surface area (Å²) in [5.41, 5.74) is 2.90. The van der Waals surface area contributed by atoms with Crippen molar-refractivity contribution in [3.63, 3.8) is 0 Å². The van der Waals surface area contributed by atoms with Gasteiger partial charge in [0.2, 0.25) is 11.8 Å². The van der Waals surface area contributed by atoms with Gasteiger partial charge in [0.05, 0.1) is 23.9 Å². The maximum Gasteiger partial charge on any atom is 0.278 e. The van der Waals surface area contributed by atoms with E-state index in [4.69, 9.17) is 14.3 Å². The van der Waals surface area contributed by atoms with E-state index in [0.717, 1.165) is 46.1 Å². The number of fused-ring (bicyclic) bond motifs is 3. The number of rotatable bonds is 8. The molecule has 3 aromatic carbocycles. The molecule has 3 N–H and O–H groups in total. The average Bonchev–Trinajstić information content (AvgIpc) is 3.44. The molecular weight excluding hydrogens is 734 g/mol. The number of methoxy groups -OCH3 is 1. The fourth-order valence-electron chi connectivity index (χ4n) is 6.83. The first kappa shape index (κ1) is 34.8. The van der Waals surface area contributed by atoms with Crippen molar-refractivity contribution in [3.8, 4) is 16.7 Å². The number of nitrogens with zero attached hydrogens (tertiary/aromatic N) is 2. The van der Waals surface area contributed by atoms with Crippen LogP contribution in [-0.2, 0) is 14.4 Å². The lowest BCUT2D eigenvalue weighted by molar-refractivity contribution is -0.141. The van der Waals surface area contributed by atoms with Crippen LogP contribution in [0.4, 0.5) is 5.69 Å². The van der Waals surface area contributed by atoms with Gasteiger partial charge in [-0.2, -0.15) is 5.48 Å². The maximum absolute atomic E-state index is 14.6. The number of anilines is 1. The van der Waals surface area contributed by atoms with Crippen LogP contribution in [0.2, 0.25) is 0 Å². The predicted octanol–water partition coefficient (Wildman–Crippen LogP) is 6.40. The molecule has 7 rings (SSSR count). The second kappa shape index (κ2) is 15.3. The van der Waals surface area contributed by atoms with Gasteiger partial charge in [0.1, 0.15) is 29.5 Å². The third kappa shape index (κ3) is 7.99. The van der Waals surface area contributed by atoms with E-state index in [2.05, 4.69) is 43.1 Å². The number of para-hydroxylation sites is 1. The first-order valence-corrected chi connectivity index (χ1v) is 18.9. The van der Waals surface area contributed by atoms with Gasteiger partial charge in [0.25, 0.3) is 11.1 Å². The van der Waals surface area contributed by atoms with Crippen LogP contribution in [0.5, 0.6) is 16.7 Å². The minimum atomic E-state index is -1.21. The lowest BCUT2D eigenvalue weighted by atomic mass is 10.0. The molecule has 1 saturated carbocycles.